The topological polar surface area (TPSA) is 29.5 Å². The molecule has 2 rings (SSSR count). The van der Waals surface area contributed by atoms with E-state index in [-0.39, 0.29) is 5.91 Å². The number of amides is 1. The van der Waals surface area contributed by atoms with Gasteiger partial charge >= 0.3 is 0 Å². The van der Waals surface area contributed by atoms with Gasteiger partial charge in [0.1, 0.15) is 0 Å². The van der Waals surface area contributed by atoms with Gasteiger partial charge in [-0.05, 0) is 18.1 Å². The number of hydrogen-bond acceptors (Lipinski definition) is 2. The van der Waals surface area contributed by atoms with Crippen LogP contribution in [0.5, 0.6) is 0 Å². The number of hydrogen-bond donors (Lipinski definition) is 0. The predicted molar refractivity (Wildman–Crippen MR) is 57.9 cm³/mol. The number of rotatable bonds is 3. The Hall–Kier alpha value is -1.35. The number of nitrogens with zero attached hydrogens (tertiary/aromatic N) is 1. The van der Waals surface area contributed by atoms with E-state index in [4.69, 9.17) is 4.74 Å². The molecule has 0 fully saturated rings. The van der Waals surface area contributed by atoms with Crippen molar-refractivity contribution in [2.24, 2.45) is 0 Å². The Morgan fingerprint density at radius 3 is 3.00 bits per heavy atom. The van der Waals surface area contributed by atoms with E-state index in [1.807, 2.05) is 29.2 Å². The molecule has 0 N–H and O–H groups in total. The molecule has 0 atom stereocenters. The van der Waals surface area contributed by atoms with Crippen LogP contribution in [0.3, 0.4) is 0 Å². The Morgan fingerprint density at radius 1 is 1.40 bits per heavy atom. The summed E-state index contributed by atoms with van der Waals surface area (Å²) in [7, 11) is 1.66. The zero-order chi connectivity index (χ0) is 10.7. The fourth-order valence-electron chi connectivity index (χ4n) is 1.89. The van der Waals surface area contributed by atoms with Crippen molar-refractivity contribution in [2.45, 2.75) is 6.42 Å². The van der Waals surface area contributed by atoms with Crippen molar-refractivity contribution in [3.05, 3.63) is 35.4 Å². The van der Waals surface area contributed by atoms with Crippen molar-refractivity contribution in [3.8, 4) is 0 Å². The molecular formula is C12H15NO2. The highest BCUT2D eigenvalue weighted by molar-refractivity contribution is 5.96. The van der Waals surface area contributed by atoms with Crippen molar-refractivity contribution < 1.29 is 9.53 Å². The van der Waals surface area contributed by atoms with Crippen LogP contribution in [0.2, 0.25) is 0 Å². The molecule has 0 spiro atoms. The van der Waals surface area contributed by atoms with Crippen LogP contribution in [0.1, 0.15) is 15.9 Å². The van der Waals surface area contributed by atoms with Crippen molar-refractivity contribution in [3.63, 3.8) is 0 Å². The third-order valence-electron chi connectivity index (χ3n) is 2.75. The van der Waals surface area contributed by atoms with Crippen LogP contribution < -0.4 is 0 Å². The number of ether oxygens (including phenoxy) is 1. The van der Waals surface area contributed by atoms with Gasteiger partial charge < -0.3 is 9.64 Å². The van der Waals surface area contributed by atoms with Gasteiger partial charge in [0.15, 0.2) is 0 Å². The van der Waals surface area contributed by atoms with Crippen LogP contribution in [0.15, 0.2) is 24.3 Å². The Morgan fingerprint density at radius 2 is 2.20 bits per heavy atom. The van der Waals surface area contributed by atoms with E-state index < -0.39 is 0 Å². The van der Waals surface area contributed by atoms with Crippen LogP contribution >= 0.6 is 0 Å². The minimum absolute atomic E-state index is 0.133. The fourth-order valence-corrected chi connectivity index (χ4v) is 1.89. The average Bonchev–Trinajstić information content (AvgIpc) is 2.29. The minimum atomic E-state index is 0.133. The number of benzene rings is 1. The minimum Gasteiger partial charge on any atom is -0.383 e. The lowest BCUT2D eigenvalue weighted by Crippen LogP contribution is -2.39. The molecule has 1 aromatic carbocycles. The summed E-state index contributed by atoms with van der Waals surface area (Å²) in [5, 5.41) is 0. The van der Waals surface area contributed by atoms with Crippen LogP contribution in [0.4, 0.5) is 0 Å². The summed E-state index contributed by atoms with van der Waals surface area (Å²) in [6.07, 6.45) is 0.950. The maximum Gasteiger partial charge on any atom is 0.254 e. The van der Waals surface area contributed by atoms with E-state index in [0.29, 0.717) is 13.2 Å². The third-order valence-corrected chi connectivity index (χ3v) is 2.75. The van der Waals surface area contributed by atoms with Gasteiger partial charge in [-0.3, -0.25) is 4.79 Å². The summed E-state index contributed by atoms with van der Waals surface area (Å²) in [6, 6.07) is 7.82. The monoisotopic (exact) mass is 205 g/mol. The lowest BCUT2D eigenvalue weighted by molar-refractivity contribution is 0.0679. The second-order valence-corrected chi connectivity index (χ2v) is 3.69. The van der Waals surface area contributed by atoms with E-state index in [0.717, 1.165) is 24.1 Å². The smallest absolute Gasteiger partial charge is 0.254 e. The molecule has 1 aliphatic heterocycles. The molecule has 1 amide bonds. The highest BCUT2D eigenvalue weighted by Gasteiger charge is 2.22. The second kappa shape index (κ2) is 4.45. The number of fused-ring (bicyclic) bond motifs is 1. The zero-order valence-corrected chi connectivity index (χ0v) is 8.90. The molecule has 15 heavy (non-hydrogen) atoms. The van der Waals surface area contributed by atoms with E-state index in [1.54, 1.807) is 7.11 Å². The Labute approximate surface area is 89.7 Å². The summed E-state index contributed by atoms with van der Waals surface area (Å²) < 4.78 is 4.99. The molecule has 0 saturated carbocycles. The molecule has 1 aromatic rings. The molecule has 0 aromatic heterocycles. The first kappa shape index (κ1) is 10.2. The molecule has 0 aliphatic carbocycles. The maximum absolute atomic E-state index is 12.0. The van der Waals surface area contributed by atoms with Crippen LogP contribution in [-0.2, 0) is 11.2 Å². The standard InChI is InChI=1S/C12H15NO2/c1-15-9-8-13-7-6-10-4-2-3-5-11(10)12(13)14/h2-5H,6-9H2,1H3. The van der Waals surface area contributed by atoms with Gasteiger partial charge in [0, 0.05) is 25.8 Å². The van der Waals surface area contributed by atoms with E-state index >= 15 is 0 Å². The SMILES string of the molecule is COCCN1CCc2ccccc2C1=O. The summed E-state index contributed by atoms with van der Waals surface area (Å²) in [4.78, 5) is 13.8. The average molecular weight is 205 g/mol. The summed E-state index contributed by atoms with van der Waals surface area (Å²) in [6.45, 7) is 2.09. The van der Waals surface area contributed by atoms with Crippen LogP contribution in [0, 0.1) is 0 Å². The normalized spacial score (nSPS) is 15.3. The van der Waals surface area contributed by atoms with E-state index in [2.05, 4.69) is 0 Å². The predicted octanol–water partition coefficient (Wildman–Crippen LogP) is 1.33. The number of carbonyl (C=O) groups excluding carboxylic acids is 1. The van der Waals surface area contributed by atoms with Gasteiger partial charge in [0.2, 0.25) is 0 Å². The summed E-state index contributed by atoms with van der Waals surface area (Å²) >= 11 is 0. The summed E-state index contributed by atoms with van der Waals surface area (Å²) in [5.74, 6) is 0.133. The maximum atomic E-state index is 12.0. The largest absolute Gasteiger partial charge is 0.383 e. The molecule has 0 saturated heterocycles. The summed E-state index contributed by atoms with van der Waals surface area (Å²) in [5.41, 5.74) is 2.01. The second-order valence-electron chi connectivity index (χ2n) is 3.69. The molecule has 80 valence electrons. The highest BCUT2D eigenvalue weighted by atomic mass is 16.5. The number of carbonyl (C=O) groups is 1. The molecule has 3 heteroatoms. The molecule has 0 bridgehead atoms. The van der Waals surface area contributed by atoms with Gasteiger partial charge in [-0.25, -0.2) is 0 Å². The Balaban J connectivity index is 2.15. The number of methoxy groups -OCH3 is 1. The van der Waals surface area contributed by atoms with Crippen molar-refractivity contribution in [1.29, 1.82) is 0 Å². The van der Waals surface area contributed by atoms with Crippen LogP contribution in [0.25, 0.3) is 0 Å². The molecule has 0 unspecified atom stereocenters. The Bertz CT molecular complexity index is 362. The molecule has 0 radical (unpaired) electrons. The lowest BCUT2D eigenvalue weighted by Gasteiger charge is -2.28. The van der Waals surface area contributed by atoms with Crippen LogP contribution in [-0.4, -0.2) is 37.6 Å². The van der Waals surface area contributed by atoms with Crippen molar-refractivity contribution in [2.75, 3.05) is 26.8 Å². The van der Waals surface area contributed by atoms with E-state index in [1.165, 1.54) is 0 Å². The molecule has 1 heterocycles. The first-order valence-corrected chi connectivity index (χ1v) is 5.19. The van der Waals surface area contributed by atoms with Gasteiger partial charge in [0.05, 0.1) is 6.61 Å². The van der Waals surface area contributed by atoms with E-state index in [9.17, 15) is 4.79 Å². The van der Waals surface area contributed by atoms with Gasteiger partial charge in [-0.1, -0.05) is 18.2 Å². The fraction of sp³-hybridized carbons (Fsp3) is 0.417. The third kappa shape index (κ3) is 2.02. The molecule has 1 aliphatic rings. The molecule has 3 nitrogen and oxygen atoms in total. The van der Waals surface area contributed by atoms with Crippen molar-refractivity contribution >= 4 is 5.91 Å². The lowest BCUT2D eigenvalue weighted by atomic mass is 9.99. The first-order chi connectivity index (χ1) is 7.33. The first-order valence-electron chi connectivity index (χ1n) is 5.19. The zero-order valence-electron chi connectivity index (χ0n) is 8.90. The van der Waals surface area contributed by atoms with Crippen molar-refractivity contribution in [1.82, 2.24) is 4.90 Å². The van der Waals surface area contributed by atoms with Gasteiger partial charge in [0.25, 0.3) is 5.91 Å². The molecular weight excluding hydrogens is 190 g/mol. The quantitative estimate of drug-likeness (QED) is 0.745. The van der Waals surface area contributed by atoms with Gasteiger partial charge in [-0.2, -0.15) is 0 Å². The highest BCUT2D eigenvalue weighted by Crippen LogP contribution is 2.17. The Kier molecular flexibility index (Phi) is 3.02. The van der Waals surface area contributed by atoms with Gasteiger partial charge in [-0.15, -0.1) is 0 Å².